The van der Waals surface area contributed by atoms with Gasteiger partial charge in [0.25, 0.3) is 0 Å². The molecule has 194 valence electrons. The number of benzene rings is 1. The predicted octanol–water partition coefficient (Wildman–Crippen LogP) is 4.37. The zero-order valence-corrected chi connectivity index (χ0v) is 21.4. The number of aromatic nitrogens is 5. The molecule has 4 aromatic heterocycles. The van der Waals surface area contributed by atoms with Crippen molar-refractivity contribution in [2.24, 2.45) is 0 Å². The molecule has 9 heteroatoms. The number of aromatic amines is 1. The van der Waals surface area contributed by atoms with Crippen molar-refractivity contribution in [3.05, 3.63) is 85.0 Å². The highest BCUT2D eigenvalue weighted by molar-refractivity contribution is 5.86. The second-order valence-electron chi connectivity index (χ2n) is 9.37. The van der Waals surface area contributed by atoms with Crippen molar-refractivity contribution in [1.29, 1.82) is 0 Å². The number of nitrogens with zero attached hydrogens (tertiary/aromatic N) is 4. The summed E-state index contributed by atoms with van der Waals surface area (Å²) in [5.41, 5.74) is 3.52. The molecule has 0 saturated heterocycles. The number of rotatable bonds is 11. The first-order valence-electron chi connectivity index (χ1n) is 12.9. The molecule has 0 bridgehead atoms. The number of H-pyrrole nitrogens is 1. The molecule has 5 rings (SSSR count). The molecule has 0 saturated carbocycles. The van der Waals surface area contributed by atoms with Gasteiger partial charge in [-0.15, -0.1) is 0 Å². The summed E-state index contributed by atoms with van der Waals surface area (Å²) < 4.78 is 1.92. The standard InChI is InChI=1S/C29H31N7O2/c1-30-27(37)9-4-2-3-7-24(34-28(38)16-23-18-32-26-8-5-6-14-36(23)26)29-33-19-25(35-29)21-11-10-20-12-13-31-17-22(20)15-21/h5-6,8,10-15,17-19,24H,2-4,7,9,16H2,1H3,(H,30,37)(H,33,35)(H,34,38). The number of unbranched alkanes of at least 4 members (excludes halogenated alkanes) is 2. The minimum Gasteiger partial charge on any atom is -0.359 e. The summed E-state index contributed by atoms with van der Waals surface area (Å²) in [6.07, 6.45) is 13.1. The summed E-state index contributed by atoms with van der Waals surface area (Å²) in [6.45, 7) is 0. The van der Waals surface area contributed by atoms with E-state index >= 15 is 0 Å². The highest BCUT2D eigenvalue weighted by Crippen LogP contribution is 2.25. The Labute approximate surface area is 220 Å². The highest BCUT2D eigenvalue weighted by atomic mass is 16.2. The lowest BCUT2D eigenvalue weighted by atomic mass is 10.1. The van der Waals surface area contributed by atoms with E-state index < -0.39 is 0 Å². The van der Waals surface area contributed by atoms with Gasteiger partial charge in [-0.3, -0.25) is 14.6 Å². The van der Waals surface area contributed by atoms with Gasteiger partial charge in [0.05, 0.1) is 30.0 Å². The number of hydrogen-bond donors (Lipinski definition) is 3. The number of pyridine rings is 2. The van der Waals surface area contributed by atoms with Crippen LogP contribution in [0.4, 0.5) is 0 Å². The van der Waals surface area contributed by atoms with Crippen LogP contribution in [0.3, 0.4) is 0 Å². The zero-order chi connectivity index (χ0) is 26.3. The van der Waals surface area contributed by atoms with Crippen LogP contribution in [0.25, 0.3) is 27.7 Å². The molecule has 9 nitrogen and oxygen atoms in total. The molecule has 0 aliphatic rings. The Kier molecular flexibility index (Phi) is 7.73. The van der Waals surface area contributed by atoms with Crippen molar-refractivity contribution in [2.75, 3.05) is 7.05 Å². The van der Waals surface area contributed by atoms with Crippen LogP contribution in [0, 0.1) is 0 Å². The maximum Gasteiger partial charge on any atom is 0.226 e. The first-order chi connectivity index (χ1) is 18.6. The van der Waals surface area contributed by atoms with Gasteiger partial charge in [0.1, 0.15) is 11.5 Å². The van der Waals surface area contributed by atoms with Crippen molar-refractivity contribution in [2.45, 2.75) is 44.6 Å². The SMILES string of the molecule is CNC(=O)CCCCCC(NC(=O)Cc1cnc2ccccn12)c1ncc(-c2ccc3ccncc3c2)[nH]1. The van der Waals surface area contributed by atoms with Crippen LogP contribution < -0.4 is 10.6 Å². The molecule has 0 fully saturated rings. The maximum atomic E-state index is 13.1. The first kappa shape index (κ1) is 25.1. The van der Waals surface area contributed by atoms with Gasteiger partial charge in [0.15, 0.2) is 0 Å². The van der Waals surface area contributed by atoms with Crippen molar-refractivity contribution in [1.82, 2.24) is 35.0 Å². The van der Waals surface area contributed by atoms with Crippen molar-refractivity contribution in [3.63, 3.8) is 0 Å². The lowest BCUT2D eigenvalue weighted by molar-refractivity contribution is -0.121. The number of amides is 2. The Balaban J connectivity index is 1.31. The topological polar surface area (TPSA) is 117 Å². The van der Waals surface area contributed by atoms with Crippen LogP contribution in [0.5, 0.6) is 0 Å². The third kappa shape index (κ3) is 5.88. The van der Waals surface area contributed by atoms with Gasteiger partial charge in [-0.1, -0.05) is 31.0 Å². The second-order valence-corrected chi connectivity index (χ2v) is 9.37. The zero-order valence-electron chi connectivity index (χ0n) is 21.4. The van der Waals surface area contributed by atoms with Crippen LogP contribution in [0.2, 0.25) is 0 Å². The molecular formula is C29H31N7O2. The van der Waals surface area contributed by atoms with E-state index in [0.717, 1.165) is 52.6 Å². The van der Waals surface area contributed by atoms with Gasteiger partial charge in [0.2, 0.25) is 11.8 Å². The van der Waals surface area contributed by atoms with Gasteiger partial charge in [0, 0.05) is 49.2 Å². The fourth-order valence-electron chi connectivity index (χ4n) is 4.65. The minimum atomic E-state index is -0.280. The Morgan fingerprint density at radius 2 is 1.89 bits per heavy atom. The third-order valence-electron chi connectivity index (χ3n) is 6.72. The average Bonchev–Trinajstić information content (AvgIpc) is 3.60. The average molecular weight is 510 g/mol. The molecule has 3 N–H and O–H groups in total. The molecular weight excluding hydrogens is 478 g/mol. The minimum absolute atomic E-state index is 0.0455. The summed E-state index contributed by atoms with van der Waals surface area (Å²) in [6, 6.07) is 13.7. The largest absolute Gasteiger partial charge is 0.359 e. The number of nitrogens with one attached hydrogen (secondary N) is 3. The molecule has 38 heavy (non-hydrogen) atoms. The van der Waals surface area contributed by atoms with Crippen LogP contribution in [-0.2, 0) is 16.0 Å². The Hall–Kier alpha value is -4.53. The molecule has 5 aromatic rings. The summed E-state index contributed by atoms with van der Waals surface area (Å²) in [5.74, 6) is 0.661. The van der Waals surface area contributed by atoms with Crippen molar-refractivity contribution >= 4 is 28.2 Å². The number of carbonyl (C=O) groups excluding carboxylic acids is 2. The van der Waals surface area contributed by atoms with E-state index in [9.17, 15) is 9.59 Å². The van der Waals surface area contributed by atoms with Gasteiger partial charge in [-0.25, -0.2) is 9.97 Å². The maximum absolute atomic E-state index is 13.1. The molecule has 1 atom stereocenters. The summed E-state index contributed by atoms with van der Waals surface area (Å²) >= 11 is 0. The predicted molar refractivity (Wildman–Crippen MR) is 146 cm³/mol. The molecule has 0 radical (unpaired) electrons. The molecule has 4 heterocycles. The number of carbonyl (C=O) groups is 2. The van der Waals surface area contributed by atoms with Crippen LogP contribution in [-0.4, -0.2) is 43.2 Å². The van der Waals surface area contributed by atoms with E-state index in [0.29, 0.717) is 18.7 Å². The van der Waals surface area contributed by atoms with Crippen LogP contribution >= 0.6 is 0 Å². The molecule has 0 aliphatic heterocycles. The van der Waals surface area contributed by atoms with E-state index in [4.69, 9.17) is 0 Å². The Morgan fingerprint density at radius 1 is 0.974 bits per heavy atom. The van der Waals surface area contributed by atoms with Crippen LogP contribution in [0.1, 0.15) is 49.7 Å². The lowest BCUT2D eigenvalue weighted by Crippen LogP contribution is -2.31. The van der Waals surface area contributed by atoms with E-state index in [2.05, 4.69) is 48.8 Å². The number of fused-ring (bicyclic) bond motifs is 2. The molecule has 1 aromatic carbocycles. The Bertz CT molecular complexity index is 1550. The van der Waals surface area contributed by atoms with Gasteiger partial charge in [-0.2, -0.15) is 0 Å². The van der Waals surface area contributed by atoms with Crippen molar-refractivity contribution in [3.8, 4) is 11.3 Å². The molecule has 0 spiro atoms. The van der Waals surface area contributed by atoms with Gasteiger partial charge < -0.3 is 20.0 Å². The van der Waals surface area contributed by atoms with Gasteiger partial charge in [-0.05, 0) is 42.5 Å². The fourth-order valence-corrected chi connectivity index (χ4v) is 4.65. The van der Waals surface area contributed by atoms with Gasteiger partial charge >= 0.3 is 0 Å². The summed E-state index contributed by atoms with van der Waals surface area (Å²) in [5, 5.41) is 8.01. The summed E-state index contributed by atoms with van der Waals surface area (Å²) in [7, 11) is 1.65. The van der Waals surface area contributed by atoms with E-state index in [1.54, 1.807) is 19.4 Å². The van der Waals surface area contributed by atoms with Crippen LogP contribution in [0.15, 0.2) is 73.4 Å². The first-order valence-corrected chi connectivity index (χ1v) is 12.9. The smallest absolute Gasteiger partial charge is 0.226 e. The van der Waals surface area contributed by atoms with E-state index in [1.165, 1.54) is 0 Å². The fraction of sp³-hybridized carbons (Fsp3) is 0.276. The highest BCUT2D eigenvalue weighted by Gasteiger charge is 2.19. The third-order valence-corrected chi connectivity index (χ3v) is 6.72. The number of imidazole rings is 2. The Morgan fingerprint density at radius 3 is 2.79 bits per heavy atom. The molecule has 2 amide bonds. The second kappa shape index (κ2) is 11.7. The molecule has 0 aliphatic carbocycles. The quantitative estimate of drug-likeness (QED) is 0.229. The summed E-state index contributed by atoms with van der Waals surface area (Å²) in [4.78, 5) is 41.4. The monoisotopic (exact) mass is 509 g/mol. The number of hydrogen-bond acceptors (Lipinski definition) is 5. The molecule has 1 unspecified atom stereocenters. The normalized spacial score (nSPS) is 12.0. The van der Waals surface area contributed by atoms with E-state index in [1.807, 2.05) is 47.3 Å². The van der Waals surface area contributed by atoms with Crippen molar-refractivity contribution < 1.29 is 9.59 Å². The lowest BCUT2D eigenvalue weighted by Gasteiger charge is -2.17. The van der Waals surface area contributed by atoms with E-state index in [-0.39, 0.29) is 24.3 Å².